The largest absolute Gasteiger partial charge is 0.490 e. The number of hydrogen-bond acceptors (Lipinski definition) is 4. The van der Waals surface area contributed by atoms with Gasteiger partial charge in [-0.25, -0.2) is 4.98 Å². The zero-order valence-corrected chi connectivity index (χ0v) is 20.6. The number of halogens is 1. The number of imidazole rings is 1. The molecule has 4 aromatic rings. The Balaban J connectivity index is 1.39. The monoisotopic (exact) mass is 489 g/mol. The molecule has 1 N–H and O–H groups in total. The summed E-state index contributed by atoms with van der Waals surface area (Å²) < 4.78 is 8.04. The van der Waals surface area contributed by atoms with Gasteiger partial charge in [-0.1, -0.05) is 41.9 Å². The van der Waals surface area contributed by atoms with Gasteiger partial charge in [0.1, 0.15) is 24.3 Å². The van der Waals surface area contributed by atoms with E-state index in [2.05, 4.69) is 0 Å². The third-order valence-electron chi connectivity index (χ3n) is 6.53. The van der Waals surface area contributed by atoms with Crippen molar-refractivity contribution in [3.05, 3.63) is 88.7 Å². The highest BCUT2D eigenvalue weighted by atomic mass is 35.5. The second-order valence-electron chi connectivity index (χ2n) is 9.14. The summed E-state index contributed by atoms with van der Waals surface area (Å²) in [4.78, 5) is 19.6. The SMILES string of the molecule is Cc1cccc(C)c1OCC(O)Cn1c(C2CC(=O)N(c3ccc(Cl)cc3)C2)nc2ccccc21. The third-order valence-corrected chi connectivity index (χ3v) is 6.79. The Kier molecular flexibility index (Phi) is 6.50. The third kappa shape index (κ3) is 4.77. The first kappa shape index (κ1) is 23.4. The van der Waals surface area contributed by atoms with Gasteiger partial charge in [-0.15, -0.1) is 0 Å². The fourth-order valence-electron chi connectivity index (χ4n) is 4.82. The Bertz CT molecular complexity index is 1350. The molecule has 2 unspecified atom stereocenters. The molecule has 1 aliphatic rings. The van der Waals surface area contributed by atoms with E-state index >= 15 is 0 Å². The number of aryl methyl sites for hydroxylation is 2. The first-order valence-electron chi connectivity index (χ1n) is 11.8. The highest BCUT2D eigenvalue weighted by molar-refractivity contribution is 6.30. The van der Waals surface area contributed by atoms with E-state index in [-0.39, 0.29) is 18.4 Å². The summed E-state index contributed by atoms with van der Waals surface area (Å²) in [6.45, 7) is 5.02. The molecule has 1 aromatic heterocycles. The predicted molar refractivity (Wildman–Crippen MR) is 138 cm³/mol. The summed E-state index contributed by atoms with van der Waals surface area (Å²) in [5.41, 5.74) is 4.69. The number of benzene rings is 3. The minimum absolute atomic E-state index is 0.0508. The van der Waals surface area contributed by atoms with Crippen LogP contribution in [-0.2, 0) is 11.3 Å². The Morgan fingerprint density at radius 1 is 1.06 bits per heavy atom. The molecule has 35 heavy (non-hydrogen) atoms. The van der Waals surface area contributed by atoms with Crippen LogP contribution in [0.5, 0.6) is 5.75 Å². The maximum Gasteiger partial charge on any atom is 0.227 e. The van der Waals surface area contributed by atoms with Gasteiger partial charge in [0, 0.05) is 29.6 Å². The number of aliphatic hydroxyl groups is 1. The van der Waals surface area contributed by atoms with Crippen molar-refractivity contribution < 1.29 is 14.6 Å². The van der Waals surface area contributed by atoms with Gasteiger partial charge in [0.05, 0.1) is 17.6 Å². The van der Waals surface area contributed by atoms with Gasteiger partial charge in [0.15, 0.2) is 0 Å². The van der Waals surface area contributed by atoms with Gasteiger partial charge in [0.25, 0.3) is 0 Å². The Hall–Kier alpha value is -3.35. The zero-order chi connectivity index (χ0) is 24.5. The van der Waals surface area contributed by atoms with Crippen LogP contribution in [0.2, 0.25) is 5.02 Å². The summed E-state index contributed by atoms with van der Waals surface area (Å²) in [6, 6.07) is 21.2. The first-order chi connectivity index (χ1) is 16.9. The average molecular weight is 490 g/mol. The minimum atomic E-state index is -0.741. The quantitative estimate of drug-likeness (QED) is 0.384. The van der Waals surface area contributed by atoms with Crippen molar-refractivity contribution in [2.45, 2.75) is 38.8 Å². The van der Waals surface area contributed by atoms with Crippen LogP contribution >= 0.6 is 11.6 Å². The van der Waals surface area contributed by atoms with Crippen LogP contribution in [-0.4, -0.2) is 39.8 Å². The number of amides is 1. The number of rotatable bonds is 7. The number of fused-ring (bicyclic) bond motifs is 1. The first-order valence-corrected chi connectivity index (χ1v) is 12.2. The van der Waals surface area contributed by atoms with Gasteiger partial charge in [-0.05, 0) is 61.4 Å². The molecular formula is C28H28ClN3O3. The molecule has 1 aliphatic heterocycles. The number of ether oxygens (including phenoxy) is 1. The van der Waals surface area contributed by atoms with Crippen molar-refractivity contribution in [2.75, 3.05) is 18.1 Å². The van der Waals surface area contributed by atoms with E-state index in [0.29, 0.717) is 24.5 Å². The van der Waals surface area contributed by atoms with Gasteiger partial charge >= 0.3 is 0 Å². The highest BCUT2D eigenvalue weighted by Gasteiger charge is 2.35. The number of carbonyl (C=O) groups is 1. The molecule has 1 amide bonds. The Morgan fingerprint density at radius 2 is 1.77 bits per heavy atom. The van der Waals surface area contributed by atoms with Crippen molar-refractivity contribution in [1.82, 2.24) is 9.55 Å². The maximum absolute atomic E-state index is 12.9. The predicted octanol–water partition coefficient (Wildman–Crippen LogP) is 5.27. The molecule has 1 fully saturated rings. The number of para-hydroxylation sites is 3. The molecule has 6 nitrogen and oxygen atoms in total. The second kappa shape index (κ2) is 9.72. The van der Waals surface area contributed by atoms with Gasteiger partial charge in [-0.2, -0.15) is 0 Å². The topological polar surface area (TPSA) is 67.6 Å². The Morgan fingerprint density at radius 3 is 2.51 bits per heavy atom. The van der Waals surface area contributed by atoms with Crippen LogP contribution in [0, 0.1) is 13.8 Å². The lowest BCUT2D eigenvalue weighted by molar-refractivity contribution is -0.117. The maximum atomic E-state index is 12.9. The lowest BCUT2D eigenvalue weighted by Gasteiger charge is -2.20. The van der Waals surface area contributed by atoms with E-state index < -0.39 is 6.10 Å². The van der Waals surface area contributed by atoms with E-state index in [1.807, 2.05) is 73.0 Å². The molecule has 0 aliphatic carbocycles. The van der Waals surface area contributed by atoms with E-state index in [9.17, 15) is 9.90 Å². The molecule has 180 valence electrons. The van der Waals surface area contributed by atoms with E-state index in [4.69, 9.17) is 21.3 Å². The van der Waals surface area contributed by atoms with Crippen LogP contribution < -0.4 is 9.64 Å². The molecule has 5 rings (SSSR count). The summed E-state index contributed by atoms with van der Waals surface area (Å²) >= 11 is 6.02. The van der Waals surface area contributed by atoms with Crippen LogP contribution in [0.3, 0.4) is 0 Å². The number of carbonyl (C=O) groups excluding carboxylic acids is 1. The van der Waals surface area contributed by atoms with E-state index in [1.54, 1.807) is 17.0 Å². The molecule has 7 heteroatoms. The Labute approximate surface area is 209 Å². The van der Waals surface area contributed by atoms with Gasteiger partial charge < -0.3 is 19.3 Å². The summed E-state index contributed by atoms with van der Waals surface area (Å²) in [5, 5.41) is 11.6. The smallest absolute Gasteiger partial charge is 0.227 e. The van der Waals surface area contributed by atoms with E-state index in [1.165, 1.54) is 0 Å². The van der Waals surface area contributed by atoms with Gasteiger partial charge in [0.2, 0.25) is 5.91 Å². The number of aliphatic hydroxyl groups excluding tert-OH is 1. The van der Waals surface area contributed by atoms with Crippen molar-refractivity contribution in [1.29, 1.82) is 0 Å². The van der Waals surface area contributed by atoms with Crippen molar-refractivity contribution in [2.24, 2.45) is 0 Å². The second-order valence-corrected chi connectivity index (χ2v) is 9.57. The summed E-state index contributed by atoms with van der Waals surface area (Å²) in [6.07, 6.45) is -0.379. The van der Waals surface area contributed by atoms with Crippen LogP contribution in [0.25, 0.3) is 11.0 Å². The molecule has 2 heterocycles. The number of aromatic nitrogens is 2. The normalized spacial score (nSPS) is 16.7. The van der Waals surface area contributed by atoms with E-state index in [0.717, 1.165) is 39.4 Å². The van der Waals surface area contributed by atoms with Crippen LogP contribution in [0.15, 0.2) is 66.7 Å². The number of nitrogens with zero attached hydrogens (tertiary/aromatic N) is 3. The molecule has 0 spiro atoms. The summed E-state index contributed by atoms with van der Waals surface area (Å²) in [7, 11) is 0. The molecule has 0 saturated carbocycles. The fraction of sp³-hybridized carbons (Fsp3) is 0.286. The lowest BCUT2D eigenvalue weighted by Crippen LogP contribution is -2.26. The molecule has 0 radical (unpaired) electrons. The highest BCUT2D eigenvalue weighted by Crippen LogP contribution is 2.34. The molecular weight excluding hydrogens is 462 g/mol. The standard InChI is InChI=1S/C28H28ClN3O3/c1-18-6-5-7-19(2)27(18)35-17-23(33)16-32-25-9-4-3-8-24(25)30-28(32)20-14-26(34)31(15-20)22-12-10-21(29)11-13-22/h3-13,20,23,33H,14-17H2,1-2H3. The van der Waals surface area contributed by atoms with Gasteiger partial charge in [-0.3, -0.25) is 4.79 Å². The lowest BCUT2D eigenvalue weighted by atomic mass is 10.1. The summed E-state index contributed by atoms with van der Waals surface area (Å²) in [5.74, 6) is 1.58. The molecule has 3 aromatic carbocycles. The van der Waals surface area contributed by atoms with Crippen LogP contribution in [0.4, 0.5) is 5.69 Å². The zero-order valence-electron chi connectivity index (χ0n) is 19.8. The number of hydrogen-bond donors (Lipinski definition) is 1. The molecule has 0 bridgehead atoms. The molecule has 1 saturated heterocycles. The minimum Gasteiger partial charge on any atom is -0.490 e. The van der Waals surface area contributed by atoms with Crippen molar-refractivity contribution in [3.63, 3.8) is 0 Å². The average Bonchev–Trinajstić information content (AvgIpc) is 3.40. The fourth-order valence-corrected chi connectivity index (χ4v) is 4.94. The van der Waals surface area contributed by atoms with Crippen LogP contribution in [0.1, 0.15) is 29.3 Å². The number of anilines is 1. The van der Waals surface area contributed by atoms with Crippen molar-refractivity contribution >= 4 is 34.2 Å². The van der Waals surface area contributed by atoms with Crippen molar-refractivity contribution in [3.8, 4) is 5.75 Å². The molecule has 2 atom stereocenters.